The van der Waals surface area contributed by atoms with Gasteiger partial charge < -0.3 is 10.6 Å². The average Bonchev–Trinajstić information content (AvgIpc) is 2.33. The van der Waals surface area contributed by atoms with E-state index < -0.39 is 11.7 Å². The second kappa shape index (κ2) is 6.74. The minimum Gasteiger partial charge on any atom is -0.361 e. The summed E-state index contributed by atoms with van der Waals surface area (Å²) >= 11 is 2.93. The number of alkyl halides is 3. The molecule has 1 aromatic heterocycles. The summed E-state index contributed by atoms with van der Waals surface area (Å²) in [6.45, 7) is 2.11. The van der Waals surface area contributed by atoms with Gasteiger partial charge in [0.05, 0.1) is 12.1 Å². The number of pyridine rings is 1. The lowest BCUT2D eigenvalue weighted by atomic mass is 10.2. The van der Waals surface area contributed by atoms with Gasteiger partial charge in [-0.05, 0) is 28.4 Å². The Kier molecular flexibility index (Phi) is 5.59. The minimum absolute atomic E-state index is 0.223. The van der Waals surface area contributed by atoms with Crippen LogP contribution in [0.25, 0.3) is 0 Å². The molecule has 0 aliphatic carbocycles. The van der Waals surface area contributed by atoms with Crippen LogP contribution in [0.5, 0.6) is 0 Å². The average molecular weight is 340 g/mol. The summed E-state index contributed by atoms with van der Waals surface area (Å²) in [5.41, 5.74) is -0.912. The van der Waals surface area contributed by atoms with Gasteiger partial charge in [-0.15, -0.1) is 0 Å². The number of amides is 1. The maximum atomic E-state index is 12.8. The largest absolute Gasteiger partial charge is 0.419 e. The third-order valence-corrected chi connectivity index (χ3v) is 2.58. The van der Waals surface area contributed by atoms with Crippen molar-refractivity contribution in [2.45, 2.75) is 19.5 Å². The first-order chi connectivity index (χ1) is 8.84. The summed E-state index contributed by atoms with van der Waals surface area (Å²) in [6, 6.07) is 0.916. The molecule has 1 heterocycles. The van der Waals surface area contributed by atoms with E-state index in [2.05, 4.69) is 31.5 Å². The summed E-state index contributed by atoms with van der Waals surface area (Å²) in [6.07, 6.45) is -2.53. The Bertz CT molecular complexity index is 451. The fourth-order valence-corrected chi connectivity index (χ4v) is 1.62. The van der Waals surface area contributed by atoms with Crippen LogP contribution in [0.1, 0.15) is 18.9 Å². The maximum absolute atomic E-state index is 12.8. The second-order valence-corrected chi connectivity index (χ2v) is 4.67. The topological polar surface area (TPSA) is 54.0 Å². The number of anilines is 1. The van der Waals surface area contributed by atoms with Crippen molar-refractivity contribution < 1.29 is 18.0 Å². The van der Waals surface area contributed by atoms with Crippen molar-refractivity contribution in [3.63, 3.8) is 0 Å². The highest BCUT2D eigenvalue weighted by atomic mass is 79.9. The van der Waals surface area contributed by atoms with Gasteiger partial charge >= 0.3 is 6.18 Å². The third-order valence-electron chi connectivity index (χ3n) is 2.15. The summed E-state index contributed by atoms with van der Waals surface area (Å²) in [4.78, 5) is 15.0. The summed E-state index contributed by atoms with van der Waals surface area (Å²) in [5.74, 6) is -0.734. The Morgan fingerprint density at radius 1 is 1.47 bits per heavy atom. The maximum Gasteiger partial charge on any atom is 0.419 e. The number of nitrogens with zero attached hydrogens (tertiary/aromatic N) is 1. The lowest BCUT2D eigenvalue weighted by Gasteiger charge is -2.13. The zero-order valence-electron chi connectivity index (χ0n) is 10.1. The molecule has 8 heteroatoms. The zero-order chi connectivity index (χ0) is 14.5. The monoisotopic (exact) mass is 339 g/mol. The van der Waals surface area contributed by atoms with Crippen LogP contribution < -0.4 is 10.6 Å². The van der Waals surface area contributed by atoms with Crippen LogP contribution in [-0.4, -0.2) is 24.0 Å². The number of halogens is 4. The normalized spacial score (nSPS) is 11.2. The Morgan fingerprint density at radius 3 is 2.74 bits per heavy atom. The van der Waals surface area contributed by atoms with Crippen molar-refractivity contribution in [1.82, 2.24) is 10.3 Å². The Labute approximate surface area is 116 Å². The van der Waals surface area contributed by atoms with Crippen LogP contribution in [-0.2, 0) is 11.0 Å². The number of carbonyl (C=O) groups is 1. The third kappa shape index (κ3) is 5.06. The van der Waals surface area contributed by atoms with Gasteiger partial charge in [-0.3, -0.25) is 4.79 Å². The highest BCUT2D eigenvalue weighted by Crippen LogP contribution is 2.35. The van der Waals surface area contributed by atoms with Crippen molar-refractivity contribution in [3.05, 3.63) is 22.3 Å². The molecule has 1 rings (SSSR count). The minimum atomic E-state index is -4.53. The number of hydrogen-bond donors (Lipinski definition) is 2. The van der Waals surface area contributed by atoms with Gasteiger partial charge in [0.25, 0.3) is 0 Å². The van der Waals surface area contributed by atoms with E-state index >= 15 is 0 Å². The molecule has 1 amide bonds. The molecule has 2 N–H and O–H groups in total. The van der Waals surface area contributed by atoms with Crippen molar-refractivity contribution in [1.29, 1.82) is 0 Å². The Hall–Kier alpha value is -1.31. The zero-order valence-corrected chi connectivity index (χ0v) is 11.7. The Morgan fingerprint density at radius 2 is 2.16 bits per heavy atom. The molecule has 0 bridgehead atoms. The summed E-state index contributed by atoms with van der Waals surface area (Å²) in [5, 5.41) is 4.94. The van der Waals surface area contributed by atoms with E-state index in [0.717, 1.165) is 12.5 Å². The molecule has 4 nitrogen and oxygen atoms in total. The van der Waals surface area contributed by atoms with E-state index in [1.54, 1.807) is 0 Å². The molecule has 1 aromatic rings. The van der Waals surface area contributed by atoms with Crippen molar-refractivity contribution >= 4 is 27.7 Å². The highest BCUT2D eigenvalue weighted by Gasteiger charge is 2.34. The van der Waals surface area contributed by atoms with E-state index in [0.29, 0.717) is 6.54 Å². The highest BCUT2D eigenvalue weighted by molar-refractivity contribution is 9.10. The molecule has 0 aliphatic heterocycles. The van der Waals surface area contributed by atoms with E-state index in [1.165, 1.54) is 6.20 Å². The van der Waals surface area contributed by atoms with Crippen LogP contribution in [0, 0.1) is 0 Å². The number of carbonyl (C=O) groups excluding carboxylic acids is 1. The number of rotatable bonds is 5. The molecule has 0 fully saturated rings. The van der Waals surface area contributed by atoms with Crippen LogP contribution >= 0.6 is 15.9 Å². The van der Waals surface area contributed by atoms with Crippen LogP contribution in [0.2, 0.25) is 0 Å². The summed E-state index contributed by atoms with van der Waals surface area (Å²) in [7, 11) is 0. The molecular formula is C11H13BrF3N3O. The molecule has 0 saturated heterocycles. The quantitative estimate of drug-likeness (QED) is 0.867. The van der Waals surface area contributed by atoms with Gasteiger partial charge in [-0.25, -0.2) is 4.98 Å². The first kappa shape index (κ1) is 15.7. The second-order valence-electron chi connectivity index (χ2n) is 3.75. The molecule has 106 valence electrons. The molecule has 0 unspecified atom stereocenters. The lowest BCUT2D eigenvalue weighted by Crippen LogP contribution is -2.31. The molecule has 0 saturated carbocycles. The van der Waals surface area contributed by atoms with Gasteiger partial charge in [0.15, 0.2) is 0 Å². The predicted molar refractivity (Wildman–Crippen MR) is 68.7 cm³/mol. The molecule has 0 spiro atoms. The van der Waals surface area contributed by atoms with E-state index in [1.807, 2.05) is 6.92 Å². The van der Waals surface area contributed by atoms with Gasteiger partial charge in [0.2, 0.25) is 5.91 Å². The smallest absolute Gasteiger partial charge is 0.361 e. The van der Waals surface area contributed by atoms with Crippen LogP contribution in [0.3, 0.4) is 0 Å². The Balaban J connectivity index is 2.76. The number of hydrogen-bond acceptors (Lipinski definition) is 3. The van der Waals surface area contributed by atoms with Gasteiger partial charge in [0, 0.05) is 17.2 Å². The van der Waals surface area contributed by atoms with Crippen LogP contribution in [0.15, 0.2) is 16.7 Å². The first-order valence-electron chi connectivity index (χ1n) is 5.58. The lowest BCUT2D eigenvalue weighted by molar-refractivity contribution is -0.137. The van der Waals surface area contributed by atoms with Crippen molar-refractivity contribution in [2.24, 2.45) is 0 Å². The standard InChI is InChI=1S/C11H13BrF3N3O/c1-2-3-16-9(19)6-18-10-8(11(13,14)15)4-7(12)5-17-10/h4-5H,2-3,6H2,1H3,(H,16,19)(H,17,18). The molecule has 0 aromatic carbocycles. The van der Waals surface area contributed by atoms with E-state index in [9.17, 15) is 18.0 Å². The molecular weight excluding hydrogens is 327 g/mol. The SMILES string of the molecule is CCCNC(=O)CNc1ncc(Br)cc1C(F)(F)F. The van der Waals surface area contributed by atoms with Gasteiger partial charge in [-0.1, -0.05) is 6.92 Å². The molecule has 19 heavy (non-hydrogen) atoms. The number of aromatic nitrogens is 1. The summed E-state index contributed by atoms with van der Waals surface area (Å²) < 4.78 is 38.5. The van der Waals surface area contributed by atoms with Gasteiger partial charge in [0.1, 0.15) is 5.82 Å². The predicted octanol–water partition coefficient (Wildman–Crippen LogP) is 2.80. The van der Waals surface area contributed by atoms with Crippen molar-refractivity contribution in [3.8, 4) is 0 Å². The fraction of sp³-hybridized carbons (Fsp3) is 0.455. The molecule has 0 atom stereocenters. The molecule has 0 aliphatic rings. The first-order valence-corrected chi connectivity index (χ1v) is 6.37. The van der Waals surface area contributed by atoms with Crippen LogP contribution in [0.4, 0.5) is 19.0 Å². The molecule has 0 radical (unpaired) electrons. The number of nitrogens with one attached hydrogen (secondary N) is 2. The van der Waals surface area contributed by atoms with E-state index in [-0.39, 0.29) is 22.7 Å². The van der Waals surface area contributed by atoms with E-state index in [4.69, 9.17) is 0 Å². The van der Waals surface area contributed by atoms with Gasteiger partial charge in [-0.2, -0.15) is 13.2 Å². The van der Waals surface area contributed by atoms with Crippen molar-refractivity contribution in [2.75, 3.05) is 18.4 Å². The fourth-order valence-electron chi connectivity index (χ4n) is 1.29.